The van der Waals surface area contributed by atoms with Crippen LogP contribution in [0.15, 0.2) is 0 Å². The summed E-state index contributed by atoms with van der Waals surface area (Å²) in [4.78, 5) is 0. The van der Waals surface area contributed by atoms with Gasteiger partial charge in [-0.3, -0.25) is 0 Å². The minimum Gasteiger partial charge on any atom is -0.211 e. The quantitative estimate of drug-likeness (QED) is 0.660. The average molecular weight is 200 g/mol. The second kappa shape index (κ2) is 4.86. The molecule has 0 fully saturated rings. The van der Waals surface area contributed by atoms with Gasteiger partial charge in [0.25, 0.3) is 0 Å². The minimum atomic E-state index is -3.54. The fraction of sp³-hybridized carbons (Fsp3) is 0.625. The van der Waals surface area contributed by atoms with E-state index >= 15 is 0 Å². The first-order valence-electron chi connectivity index (χ1n) is 3.78. The largest absolute Gasteiger partial charge is 0.227 e. The molecule has 1 N–H and O–H groups in total. The monoisotopic (exact) mass is 200 g/mol. The van der Waals surface area contributed by atoms with Crippen LogP contribution < -0.4 is 4.72 Å². The number of rotatable bonds is 4. The van der Waals surface area contributed by atoms with Crippen LogP contribution in [0.3, 0.4) is 0 Å². The zero-order chi connectivity index (χ0) is 10.5. The first-order valence-corrected chi connectivity index (χ1v) is 5.33. The van der Waals surface area contributed by atoms with E-state index in [-0.39, 0.29) is 6.04 Å². The summed E-state index contributed by atoms with van der Waals surface area (Å²) in [6, 6.07) is 1.32. The number of nitriles is 1. The number of sulfonamides is 1. The van der Waals surface area contributed by atoms with Crippen molar-refractivity contribution in [1.82, 2.24) is 4.72 Å². The van der Waals surface area contributed by atoms with Gasteiger partial charge in [0, 0.05) is 12.5 Å². The SMILES string of the molecule is C#CCC(C)NS(=O)(=O)C(C)C#N. The molecule has 2 unspecified atom stereocenters. The smallest absolute Gasteiger partial charge is 0.211 e. The van der Waals surface area contributed by atoms with Crippen molar-refractivity contribution >= 4 is 10.0 Å². The molecule has 0 amide bonds. The lowest BCUT2D eigenvalue weighted by molar-refractivity contribution is 0.559. The van der Waals surface area contributed by atoms with Crippen LogP contribution in [0.1, 0.15) is 20.3 Å². The third-order valence-electron chi connectivity index (χ3n) is 1.44. The third kappa shape index (κ3) is 3.93. The van der Waals surface area contributed by atoms with Crippen molar-refractivity contribution in [1.29, 1.82) is 5.26 Å². The van der Waals surface area contributed by atoms with Crippen LogP contribution in [-0.4, -0.2) is 19.7 Å². The van der Waals surface area contributed by atoms with E-state index in [0.29, 0.717) is 6.42 Å². The maximum atomic E-state index is 11.2. The molecule has 0 aliphatic rings. The molecular weight excluding hydrogens is 188 g/mol. The molecule has 0 aromatic heterocycles. The molecular formula is C8H12N2O2S. The van der Waals surface area contributed by atoms with Crippen molar-refractivity contribution in [3.8, 4) is 18.4 Å². The Morgan fingerprint density at radius 3 is 2.46 bits per heavy atom. The van der Waals surface area contributed by atoms with E-state index < -0.39 is 15.3 Å². The third-order valence-corrected chi connectivity index (χ3v) is 3.20. The normalized spacial score (nSPS) is 15.4. The van der Waals surface area contributed by atoms with Gasteiger partial charge in [-0.2, -0.15) is 5.26 Å². The zero-order valence-corrected chi connectivity index (χ0v) is 8.43. The van der Waals surface area contributed by atoms with Crippen molar-refractivity contribution < 1.29 is 8.42 Å². The van der Waals surface area contributed by atoms with Gasteiger partial charge in [-0.1, -0.05) is 0 Å². The van der Waals surface area contributed by atoms with Crippen molar-refractivity contribution in [2.45, 2.75) is 31.6 Å². The lowest BCUT2D eigenvalue weighted by Crippen LogP contribution is -2.37. The molecule has 0 aromatic rings. The summed E-state index contributed by atoms with van der Waals surface area (Å²) in [7, 11) is -3.54. The molecule has 72 valence electrons. The number of hydrogen-bond donors (Lipinski definition) is 1. The van der Waals surface area contributed by atoms with E-state index in [2.05, 4.69) is 10.6 Å². The predicted molar refractivity (Wildman–Crippen MR) is 50.0 cm³/mol. The molecule has 0 aliphatic carbocycles. The fourth-order valence-electron chi connectivity index (χ4n) is 0.670. The van der Waals surface area contributed by atoms with Crippen molar-refractivity contribution in [3.63, 3.8) is 0 Å². The Bertz CT molecular complexity index is 334. The lowest BCUT2D eigenvalue weighted by Gasteiger charge is -2.12. The Kier molecular flexibility index (Phi) is 4.47. The van der Waals surface area contributed by atoms with Gasteiger partial charge in [-0.05, 0) is 13.8 Å². The maximum absolute atomic E-state index is 11.2. The maximum Gasteiger partial charge on any atom is 0.227 e. The summed E-state index contributed by atoms with van der Waals surface area (Å²) in [6.07, 6.45) is 5.32. The van der Waals surface area contributed by atoms with E-state index in [0.717, 1.165) is 0 Å². The van der Waals surface area contributed by atoms with Crippen LogP contribution in [0.4, 0.5) is 0 Å². The van der Waals surface area contributed by atoms with Crippen LogP contribution in [0, 0.1) is 23.7 Å². The van der Waals surface area contributed by atoms with Crippen molar-refractivity contribution in [3.05, 3.63) is 0 Å². The van der Waals surface area contributed by atoms with Gasteiger partial charge in [0.05, 0.1) is 6.07 Å². The highest BCUT2D eigenvalue weighted by Gasteiger charge is 2.21. The van der Waals surface area contributed by atoms with Crippen LogP contribution >= 0.6 is 0 Å². The molecule has 0 aromatic carbocycles. The molecule has 0 aliphatic heterocycles. The molecule has 0 saturated heterocycles. The van der Waals surface area contributed by atoms with E-state index in [1.54, 1.807) is 13.0 Å². The molecule has 13 heavy (non-hydrogen) atoms. The van der Waals surface area contributed by atoms with Crippen LogP contribution in [0.5, 0.6) is 0 Å². The highest BCUT2D eigenvalue weighted by Crippen LogP contribution is 1.99. The van der Waals surface area contributed by atoms with Gasteiger partial charge >= 0.3 is 0 Å². The highest BCUT2D eigenvalue weighted by atomic mass is 32.2. The Labute approximate surface area is 79.0 Å². The van der Waals surface area contributed by atoms with Crippen molar-refractivity contribution in [2.24, 2.45) is 0 Å². The fourth-order valence-corrected chi connectivity index (χ4v) is 1.66. The van der Waals surface area contributed by atoms with Crippen LogP contribution in [0.2, 0.25) is 0 Å². The van der Waals surface area contributed by atoms with Crippen molar-refractivity contribution in [2.75, 3.05) is 0 Å². The minimum absolute atomic E-state index is 0.317. The summed E-state index contributed by atoms with van der Waals surface area (Å²) in [5.74, 6) is 2.34. The molecule has 0 rings (SSSR count). The number of nitrogens with one attached hydrogen (secondary N) is 1. The molecule has 2 atom stereocenters. The molecule has 4 nitrogen and oxygen atoms in total. The van der Waals surface area contributed by atoms with Gasteiger partial charge in [0.1, 0.15) is 0 Å². The first kappa shape index (κ1) is 12.0. The first-order chi connectivity index (χ1) is 5.94. The molecule has 0 bridgehead atoms. The van der Waals surface area contributed by atoms with Gasteiger partial charge in [-0.15, -0.1) is 12.3 Å². The standard InChI is InChI=1S/C8H12N2O2S/c1-4-5-7(2)10-13(11,12)8(3)6-9/h1,7-8,10H,5H2,2-3H3. The zero-order valence-electron chi connectivity index (χ0n) is 7.61. The lowest BCUT2D eigenvalue weighted by atomic mass is 10.3. The molecule has 0 spiro atoms. The summed E-state index contributed by atoms with van der Waals surface area (Å²) in [5, 5.41) is 7.36. The highest BCUT2D eigenvalue weighted by molar-refractivity contribution is 7.90. The van der Waals surface area contributed by atoms with E-state index in [1.165, 1.54) is 6.92 Å². The molecule has 0 saturated carbocycles. The second-order valence-electron chi connectivity index (χ2n) is 2.74. The summed E-state index contributed by atoms with van der Waals surface area (Å²) < 4.78 is 24.8. The Balaban J connectivity index is 4.39. The average Bonchev–Trinajstić information content (AvgIpc) is 2.02. The van der Waals surface area contributed by atoms with Crippen LogP contribution in [-0.2, 0) is 10.0 Å². The van der Waals surface area contributed by atoms with Gasteiger partial charge < -0.3 is 0 Å². The summed E-state index contributed by atoms with van der Waals surface area (Å²) >= 11 is 0. The van der Waals surface area contributed by atoms with E-state index in [4.69, 9.17) is 11.7 Å². The van der Waals surface area contributed by atoms with Gasteiger partial charge in [0.2, 0.25) is 10.0 Å². The van der Waals surface area contributed by atoms with E-state index in [1.807, 2.05) is 0 Å². The molecule has 5 heteroatoms. The van der Waals surface area contributed by atoms with Gasteiger partial charge in [0.15, 0.2) is 5.25 Å². The Morgan fingerprint density at radius 1 is 1.54 bits per heavy atom. The summed E-state index contributed by atoms with van der Waals surface area (Å²) in [5.41, 5.74) is 0. The number of hydrogen-bond acceptors (Lipinski definition) is 3. The molecule has 0 radical (unpaired) electrons. The predicted octanol–water partition coefficient (Wildman–Crippen LogP) is 0.230. The number of terminal acetylenes is 1. The van der Waals surface area contributed by atoms with Crippen LogP contribution in [0.25, 0.3) is 0 Å². The Morgan fingerprint density at radius 2 is 2.08 bits per heavy atom. The van der Waals surface area contributed by atoms with E-state index in [9.17, 15) is 8.42 Å². The Hall–Kier alpha value is -1.04. The summed E-state index contributed by atoms with van der Waals surface area (Å²) in [6.45, 7) is 2.98. The van der Waals surface area contributed by atoms with Gasteiger partial charge in [-0.25, -0.2) is 13.1 Å². The second-order valence-corrected chi connectivity index (χ2v) is 4.78. The molecule has 0 heterocycles. The number of nitrogens with zero attached hydrogens (tertiary/aromatic N) is 1. The topological polar surface area (TPSA) is 70.0 Å².